The summed E-state index contributed by atoms with van der Waals surface area (Å²) in [6.07, 6.45) is 2.25. The van der Waals surface area contributed by atoms with Crippen molar-refractivity contribution in [3.8, 4) is 5.75 Å². The SMILES string of the molecule is CCC(C)CNCCc1ccc(O)cc1. The van der Waals surface area contributed by atoms with Crippen LogP contribution >= 0.6 is 0 Å². The van der Waals surface area contributed by atoms with E-state index in [2.05, 4.69) is 19.2 Å². The van der Waals surface area contributed by atoms with Gasteiger partial charge in [0, 0.05) is 0 Å². The maximum absolute atomic E-state index is 9.12. The minimum atomic E-state index is 0.339. The average molecular weight is 207 g/mol. The average Bonchev–Trinajstić information content (AvgIpc) is 2.26. The Morgan fingerprint density at radius 3 is 2.53 bits per heavy atom. The molecule has 2 heteroatoms. The van der Waals surface area contributed by atoms with Crippen molar-refractivity contribution in [2.75, 3.05) is 13.1 Å². The van der Waals surface area contributed by atoms with E-state index in [9.17, 15) is 0 Å². The largest absolute Gasteiger partial charge is 0.508 e. The molecule has 1 aromatic rings. The highest BCUT2D eigenvalue weighted by Crippen LogP contribution is 2.09. The molecule has 0 saturated carbocycles. The molecule has 0 radical (unpaired) electrons. The Morgan fingerprint density at radius 2 is 1.93 bits per heavy atom. The quantitative estimate of drug-likeness (QED) is 0.703. The van der Waals surface area contributed by atoms with E-state index in [0.29, 0.717) is 5.75 Å². The Bertz CT molecular complexity index is 268. The summed E-state index contributed by atoms with van der Waals surface area (Å²) in [5.41, 5.74) is 1.27. The Morgan fingerprint density at radius 1 is 1.27 bits per heavy atom. The van der Waals surface area contributed by atoms with E-state index in [-0.39, 0.29) is 0 Å². The molecule has 0 spiro atoms. The number of aromatic hydroxyl groups is 1. The molecule has 15 heavy (non-hydrogen) atoms. The van der Waals surface area contributed by atoms with E-state index in [1.807, 2.05) is 12.1 Å². The van der Waals surface area contributed by atoms with Crippen molar-refractivity contribution < 1.29 is 5.11 Å². The summed E-state index contributed by atoms with van der Waals surface area (Å²) in [5, 5.41) is 12.6. The molecule has 0 bridgehead atoms. The summed E-state index contributed by atoms with van der Waals surface area (Å²) in [4.78, 5) is 0. The molecule has 2 N–H and O–H groups in total. The fourth-order valence-electron chi connectivity index (χ4n) is 1.39. The second-order valence-electron chi connectivity index (χ2n) is 4.13. The molecule has 0 heterocycles. The number of nitrogens with one attached hydrogen (secondary N) is 1. The summed E-state index contributed by atoms with van der Waals surface area (Å²) in [5.74, 6) is 1.09. The first-order chi connectivity index (χ1) is 7.22. The second-order valence-corrected chi connectivity index (χ2v) is 4.13. The topological polar surface area (TPSA) is 32.3 Å². The Kier molecular flexibility index (Phi) is 5.19. The molecule has 84 valence electrons. The number of hydrogen-bond donors (Lipinski definition) is 2. The first-order valence-corrected chi connectivity index (χ1v) is 5.71. The number of hydrogen-bond acceptors (Lipinski definition) is 2. The van der Waals surface area contributed by atoms with Gasteiger partial charge in [-0.25, -0.2) is 0 Å². The first-order valence-electron chi connectivity index (χ1n) is 5.71. The fraction of sp³-hybridized carbons (Fsp3) is 0.538. The molecule has 2 nitrogen and oxygen atoms in total. The molecular weight excluding hydrogens is 186 g/mol. The van der Waals surface area contributed by atoms with Gasteiger partial charge in [0.15, 0.2) is 0 Å². The molecule has 0 saturated heterocycles. The van der Waals surface area contributed by atoms with E-state index >= 15 is 0 Å². The summed E-state index contributed by atoms with van der Waals surface area (Å²) in [6.45, 7) is 6.57. The summed E-state index contributed by atoms with van der Waals surface area (Å²) in [6, 6.07) is 7.43. The van der Waals surface area contributed by atoms with Crippen LogP contribution in [0.25, 0.3) is 0 Å². The molecule has 1 unspecified atom stereocenters. The minimum absolute atomic E-state index is 0.339. The van der Waals surface area contributed by atoms with E-state index in [4.69, 9.17) is 5.11 Å². The molecule has 1 atom stereocenters. The van der Waals surface area contributed by atoms with Crippen LogP contribution in [-0.2, 0) is 6.42 Å². The second kappa shape index (κ2) is 6.46. The van der Waals surface area contributed by atoms with Gasteiger partial charge < -0.3 is 10.4 Å². The van der Waals surface area contributed by atoms with Crippen LogP contribution in [0.5, 0.6) is 5.75 Å². The van der Waals surface area contributed by atoms with Crippen molar-refractivity contribution in [2.45, 2.75) is 26.7 Å². The molecule has 1 aromatic carbocycles. The Hall–Kier alpha value is -1.02. The number of phenolic OH excluding ortho intramolecular Hbond substituents is 1. The standard InChI is InChI=1S/C13H21NO/c1-3-11(2)10-14-9-8-12-4-6-13(15)7-5-12/h4-7,11,14-15H,3,8-10H2,1-2H3. The van der Waals surface area contributed by atoms with Crippen LogP contribution in [0.1, 0.15) is 25.8 Å². The van der Waals surface area contributed by atoms with Crippen molar-refractivity contribution in [2.24, 2.45) is 5.92 Å². The molecule has 0 fully saturated rings. The highest BCUT2D eigenvalue weighted by Gasteiger charge is 1.97. The summed E-state index contributed by atoms with van der Waals surface area (Å²) in [7, 11) is 0. The summed E-state index contributed by atoms with van der Waals surface area (Å²) >= 11 is 0. The zero-order valence-corrected chi connectivity index (χ0v) is 9.66. The van der Waals surface area contributed by atoms with Crippen LogP contribution in [0.4, 0.5) is 0 Å². The van der Waals surface area contributed by atoms with Gasteiger partial charge in [-0.1, -0.05) is 32.4 Å². The third kappa shape index (κ3) is 4.84. The van der Waals surface area contributed by atoms with Crippen LogP contribution in [0.2, 0.25) is 0 Å². The van der Waals surface area contributed by atoms with Crippen LogP contribution in [0, 0.1) is 5.92 Å². The van der Waals surface area contributed by atoms with Crippen LogP contribution < -0.4 is 5.32 Å². The number of phenols is 1. The lowest BCUT2D eigenvalue weighted by Crippen LogP contribution is -2.23. The van der Waals surface area contributed by atoms with Crippen LogP contribution in [0.3, 0.4) is 0 Å². The minimum Gasteiger partial charge on any atom is -0.508 e. The first kappa shape index (κ1) is 12.1. The van der Waals surface area contributed by atoms with Gasteiger partial charge in [0.05, 0.1) is 0 Å². The molecule has 0 amide bonds. The maximum atomic E-state index is 9.12. The van der Waals surface area contributed by atoms with E-state index in [1.54, 1.807) is 12.1 Å². The Balaban J connectivity index is 2.17. The lowest BCUT2D eigenvalue weighted by atomic mass is 10.1. The van der Waals surface area contributed by atoms with Crippen molar-refractivity contribution in [1.29, 1.82) is 0 Å². The van der Waals surface area contributed by atoms with Gasteiger partial charge in [-0.3, -0.25) is 0 Å². The molecule has 0 aliphatic carbocycles. The highest BCUT2D eigenvalue weighted by atomic mass is 16.3. The van der Waals surface area contributed by atoms with E-state index in [0.717, 1.165) is 25.4 Å². The molecule has 0 aromatic heterocycles. The lowest BCUT2D eigenvalue weighted by Gasteiger charge is -2.09. The van der Waals surface area contributed by atoms with Crippen molar-refractivity contribution in [3.05, 3.63) is 29.8 Å². The predicted octanol–water partition coefficient (Wildman–Crippen LogP) is 2.57. The fourth-order valence-corrected chi connectivity index (χ4v) is 1.39. The molecule has 0 aliphatic heterocycles. The smallest absolute Gasteiger partial charge is 0.115 e. The maximum Gasteiger partial charge on any atom is 0.115 e. The lowest BCUT2D eigenvalue weighted by molar-refractivity contribution is 0.475. The van der Waals surface area contributed by atoms with Crippen molar-refractivity contribution in [3.63, 3.8) is 0 Å². The van der Waals surface area contributed by atoms with E-state index < -0.39 is 0 Å². The van der Waals surface area contributed by atoms with Gasteiger partial charge in [0.25, 0.3) is 0 Å². The normalized spacial score (nSPS) is 12.7. The Labute approximate surface area is 92.3 Å². The van der Waals surface area contributed by atoms with Crippen LogP contribution in [0.15, 0.2) is 24.3 Å². The van der Waals surface area contributed by atoms with Gasteiger partial charge >= 0.3 is 0 Å². The zero-order chi connectivity index (χ0) is 11.1. The monoisotopic (exact) mass is 207 g/mol. The number of benzene rings is 1. The van der Waals surface area contributed by atoms with Crippen LogP contribution in [-0.4, -0.2) is 18.2 Å². The van der Waals surface area contributed by atoms with Crippen molar-refractivity contribution in [1.82, 2.24) is 5.32 Å². The van der Waals surface area contributed by atoms with Crippen molar-refractivity contribution >= 4 is 0 Å². The molecule has 1 rings (SSSR count). The van der Waals surface area contributed by atoms with Gasteiger partial charge in [0.1, 0.15) is 5.75 Å². The van der Waals surface area contributed by atoms with Gasteiger partial charge in [-0.2, -0.15) is 0 Å². The van der Waals surface area contributed by atoms with Gasteiger partial charge in [0.2, 0.25) is 0 Å². The summed E-state index contributed by atoms with van der Waals surface area (Å²) < 4.78 is 0. The molecular formula is C13H21NO. The zero-order valence-electron chi connectivity index (χ0n) is 9.66. The molecule has 0 aliphatic rings. The number of rotatable bonds is 6. The highest BCUT2D eigenvalue weighted by molar-refractivity contribution is 5.25. The van der Waals surface area contributed by atoms with E-state index in [1.165, 1.54) is 12.0 Å². The third-order valence-corrected chi connectivity index (χ3v) is 2.72. The third-order valence-electron chi connectivity index (χ3n) is 2.72. The van der Waals surface area contributed by atoms with Gasteiger partial charge in [-0.05, 0) is 43.1 Å². The predicted molar refractivity (Wildman–Crippen MR) is 64.1 cm³/mol. The van der Waals surface area contributed by atoms with Gasteiger partial charge in [-0.15, -0.1) is 0 Å².